The van der Waals surface area contributed by atoms with Crippen LogP contribution in [-0.4, -0.2) is 12.0 Å². The fourth-order valence-corrected chi connectivity index (χ4v) is 1.77. The molecular formula is C13H11ClF2N2. The number of anilines is 1. The molecule has 0 amide bonds. The standard InChI is InChI=1S/C13H11ClF2N2/c1-18(8-9-2-4-11(15)5-3-9)13-12(16)6-10(14)7-17-13/h2-7H,8H2,1H3. The van der Waals surface area contributed by atoms with Crippen LogP contribution < -0.4 is 4.90 Å². The maximum Gasteiger partial charge on any atom is 0.167 e. The van der Waals surface area contributed by atoms with Crippen LogP contribution in [0.5, 0.6) is 0 Å². The van der Waals surface area contributed by atoms with Crippen molar-refractivity contribution in [3.8, 4) is 0 Å². The maximum atomic E-state index is 13.6. The Balaban J connectivity index is 2.16. The molecule has 1 heterocycles. The summed E-state index contributed by atoms with van der Waals surface area (Å²) in [4.78, 5) is 5.57. The SMILES string of the molecule is CN(Cc1ccc(F)cc1)c1ncc(Cl)cc1F. The van der Waals surface area contributed by atoms with E-state index in [1.807, 2.05) is 0 Å². The van der Waals surface area contributed by atoms with Crippen LogP contribution in [0.25, 0.3) is 0 Å². The molecule has 0 aliphatic rings. The number of hydrogen-bond donors (Lipinski definition) is 0. The van der Waals surface area contributed by atoms with Crippen LogP contribution in [0, 0.1) is 11.6 Å². The molecule has 5 heteroatoms. The third kappa shape index (κ3) is 2.96. The summed E-state index contributed by atoms with van der Waals surface area (Å²) in [6.07, 6.45) is 1.39. The van der Waals surface area contributed by atoms with Crippen LogP contribution in [0.4, 0.5) is 14.6 Å². The average molecular weight is 269 g/mol. The van der Waals surface area contributed by atoms with Crippen LogP contribution in [0.1, 0.15) is 5.56 Å². The van der Waals surface area contributed by atoms with Gasteiger partial charge in [-0.05, 0) is 23.8 Å². The highest BCUT2D eigenvalue weighted by atomic mass is 35.5. The second-order valence-electron chi connectivity index (χ2n) is 3.94. The first-order chi connectivity index (χ1) is 8.56. The van der Waals surface area contributed by atoms with E-state index in [4.69, 9.17) is 11.6 Å². The molecule has 0 aliphatic carbocycles. The second-order valence-corrected chi connectivity index (χ2v) is 4.38. The summed E-state index contributed by atoms with van der Waals surface area (Å²) in [5.41, 5.74) is 0.870. The van der Waals surface area contributed by atoms with E-state index in [-0.39, 0.29) is 16.7 Å². The van der Waals surface area contributed by atoms with Crippen LogP contribution in [0.15, 0.2) is 36.5 Å². The highest BCUT2D eigenvalue weighted by Gasteiger charge is 2.10. The molecule has 18 heavy (non-hydrogen) atoms. The summed E-state index contributed by atoms with van der Waals surface area (Å²) in [7, 11) is 1.71. The number of nitrogens with zero attached hydrogens (tertiary/aromatic N) is 2. The topological polar surface area (TPSA) is 16.1 Å². The van der Waals surface area contributed by atoms with Gasteiger partial charge in [-0.3, -0.25) is 0 Å². The van der Waals surface area contributed by atoms with Gasteiger partial charge in [0.1, 0.15) is 5.82 Å². The first-order valence-electron chi connectivity index (χ1n) is 5.33. The van der Waals surface area contributed by atoms with Gasteiger partial charge in [0.2, 0.25) is 0 Å². The van der Waals surface area contributed by atoms with Crippen molar-refractivity contribution in [1.29, 1.82) is 0 Å². The van der Waals surface area contributed by atoms with Gasteiger partial charge in [-0.15, -0.1) is 0 Å². The van der Waals surface area contributed by atoms with Gasteiger partial charge in [0, 0.05) is 19.8 Å². The summed E-state index contributed by atoms with van der Waals surface area (Å²) >= 11 is 5.64. The average Bonchev–Trinajstić information content (AvgIpc) is 2.32. The van der Waals surface area contributed by atoms with E-state index in [0.29, 0.717) is 6.54 Å². The minimum absolute atomic E-state index is 0.212. The Morgan fingerprint density at radius 2 is 1.89 bits per heavy atom. The highest BCUT2D eigenvalue weighted by molar-refractivity contribution is 6.30. The van der Waals surface area contributed by atoms with E-state index in [0.717, 1.165) is 5.56 Å². The number of aromatic nitrogens is 1. The van der Waals surface area contributed by atoms with Gasteiger partial charge < -0.3 is 4.90 Å². The molecule has 0 spiro atoms. The normalized spacial score (nSPS) is 10.4. The van der Waals surface area contributed by atoms with Crippen molar-refractivity contribution >= 4 is 17.4 Å². The molecule has 1 aromatic heterocycles. The lowest BCUT2D eigenvalue weighted by Gasteiger charge is -2.18. The number of benzene rings is 1. The Hall–Kier alpha value is -1.68. The molecule has 0 N–H and O–H groups in total. The zero-order chi connectivity index (χ0) is 13.1. The molecule has 0 unspecified atom stereocenters. The van der Waals surface area contributed by atoms with Crippen molar-refractivity contribution in [2.45, 2.75) is 6.54 Å². The third-order valence-electron chi connectivity index (χ3n) is 2.48. The van der Waals surface area contributed by atoms with Gasteiger partial charge in [0.05, 0.1) is 5.02 Å². The van der Waals surface area contributed by atoms with E-state index >= 15 is 0 Å². The van der Waals surface area contributed by atoms with Crippen LogP contribution in [0.2, 0.25) is 5.02 Å². The molecule has 0 radical (unpaired) electrons. The molecule has 2 rings (SSSR count). The van der Waals surface area contributed by atoms with E-state index in [2.05, 4.69) is 4.98 Å². The van der Waals surface area contributed by atoms with Crippen molar-refractivity contribution in [3.05, 3.63) is 58.7 Å². The summed E-state index contributed by atoms with van der Waals surface area (Å²) in [5, 5.41) is 0.256. The number of pyridine rings is 1. The third-order valence-corrected chi connectivity index (χ3v) is 2.69. The maximum absolute atomic E-state index is 13.6. The Labute approximate surface area is 109 Å². The molecule has 0 saturated carbocycles. The summed E-state index contributed by atoms with van der Waals surface area (Å²) in [6.45, 7) is 0.436. The molecule has 2 aromatic rings. The molecule has 94 valence electrons. The Morgan fingerprint density at radius 1 is 1.22 bits per heavy atom. The van der Waals surface area contributed by atoms with E-state index in [9.17, 15) is 8.78 Å². The van der Waals surface area contributed by atoms with Crippen LogP contribution in [0.3, 0.4) is 0 Å². The van der Waals surface area contributed by atoms with E-state index in [1.54, 1.807) is 24.1 Å². The van der Waals surface area contributed by atoms with E-state index in [1.165, 1.54) is 24.4 Å². The smallest absolute Gasteiger partial charge is 0.167 e. The van der Waals surface area contributed by atoms with Crippen molar-refractivity contribution in [3.63, 3.8) is 0 Å². The molecule has 0 fully saturated rings. The molecular weight excluding hydrogens is 258 g/mol. The minimum atomic E-state index is -0.480. The van der Waals surface area contributed by atoms with Gasteiger partial charge in [-0.2, -0.15) is 0 Å². The van der Waals surface area contributed by atoms with Crippen molar-refractivity contribution in [2.75, 3.05) is 11.9 Å². The molecule has 0 bridgehead atoms. The van der Waals surface area contributed by atoms with E-state index < -0.39 is 5.82 Å². The molecule has 1 aromatic carbocycles. The monoisotopic (exact) mass is 268 g/mol. The van der Waals surface area contributed by atoms with Crippen LogP contribution >= 0.6 is 11.6 Å². The quantitative estimate of drug-likeness (QED) is 0.845. The lowest BCUT2D eigenvalue weighted by Crippen LogP contribution is -2.19. The molecule has 0 aliphatic heterocycles. The van der Waals surface area contributed by atoms with Gasteiger partial charge >= 0.3 is 0 Å². The van der Waals surface area contributed by atoms with Crippen molar-refractivity contribution in [2.24, 2.45) is 0 Å². The molecule has 0 saturated heterocycles. The molecule has 2 nitrogen and oxygen atoms in total. The first kappa shape index (κ1) is 12.8. The Morgan fingerprint density at radius 3 is 2.50 bits per heavy atom. The van der Waals surface area contributed by atoms with Gasteiger partial charge in [0.25, 0.3) is 0 Å². The van der Waals surface area contributed by atoms with Crippen LogP contribution in [-0.2, 0) is 6.54 Å². The number of rotatable bonds is 3. The van der Waals surface area contributed by atoms with Crippen molar-refractivity contribution in [1.82, 2.24) is 4.98 Å². The zero-order valence-electron chi connectivity index (χ0n) is 9.70. The van der Waals surface area contributed by atoms with Gasteiger partial charge in [0.15, 0.2) is 11.6 Å². The largest absolute Gasteiger partial charge is 0.353 e. The van der Waals surface area contributed by atoms with Crippen molar-refractivity contribution < 1.29 is 8.78 Å². The Bertz CT molecular complexity index is 543. The fraction of sp³-hybridized carbons (Fsp3) is 0.154. The number of hydrogen-bond acceptors (Lipinski definition) is 2. The predicted molar refractivity (Wildman–Crippen MR) is 67.7 cm³/mol. The predicted octanol–water partition coefficient (Wildman–Crippen LogP) is 3.65. The zero-order valence-corrected chi connectivity index (χ0v) is 10.5. The summed E-state index contributed by atoms with van der Waals surface area (Å²) in [6, 6.07) is 7.26. The number of halogens is 3. The van der Waals surface area contributed by atoms with Gasteiger partial charge in [-0.25, -0.2) is 13.8 Å². The fourth-order valence-electron chi connectivity index (χ4n) is 1.63. The van der Waals surface area contributed by atoms with Gasteiger partial charge in [-0.1, -0.05) is 23.7 Å². The molecule has 0 atom stereocenters. The Kier molecular flexibility index (Phi) is 3.77. The lowest BCUT2D eigenvalue weighted by molar-refractivity contribution is 0.614. The summed E-state index contributed by atoms with van der Waals surface area (Å²) in [5.74, 6) is -0.562. The lowest BCUT2D eigenvalue weighted by atomic mass is 10.2. The minimum Gasteiger partial charge on any atom is -0.353 e. The highest BCUT2D eigenvalue weighted by Crippen LogP contribution is 2.20. The summed E-state index contributed by atoms with van der Waals surface area (Å²) < 4.78 is 26.4. The first-order valence-corrected chi connectivity index (χ1v) is 5.70. The second kappa shape index (κ2) is 5.31.